The molecule has 0 spiro atoms. The number of amides is 1. The van der Waals surface area contributed by atoms with E-state index < -0.39 is 0 Å². The lowest BCUT2D eigenvalue weighted by Gasteiger charge is -2.34. The van der Waals surface area contributed by atoms with Crippen molar-refractivity contribution in [3.63, 3.8) is 0 Å². The molecule has 2 saturated heterocycles. The number of nitrogens with one attached hydrogen (secondary N) is 1. The van der Waals surface area contributed by atoms with Gasteiger partial charge in [0.1, 0.15) is 0 Å². The van der Waals surface area contributed by atoms with E-state index in [-0.39, 0.29) is 11.5 Å². The van der Waals surface area contributed by atoms with Crippen molar-refractivity contribution in [2.75, 3.05) is 45.9 Å². The average Bonchev–Trinajstić information content (AvgIpc) is 2.76. The van der Waals surface area contributed by atoms with Crippen LogP contribution in [0.15, 0.2) is 23.0 Å². The molecule has 2 fully saturated rings. The SMILES string of the molecule is Cn1c(=S)[nH]c2cc(C(=O)N3CCC(CCN4CCOCC4)CC3)ccc2c1=O. The number of nitrogens with zero attached hydrogens (tertiary/aromatic N) is 3. The lowest BCUT2D eigenvalue weighted by Crippen LogP contribution is -2.40. The van der Waals surface area contributed by atoms with Gasteiger partial charge in [0, 0.05) is 38.8 Å². The summed E-state index contributed by atoms with van der Waals surface area (Å²) in [5.41, 5.74) is 1.07. The zero-order valence-corrected chi connectivity index (χ0v) is 17.7. The van der Waals surface area contributed by atoms with Crippen LogP contribution >= 0.6 is 12.2 Å². The third-order valence-electron chi connectivity index (χ3n) is 6.21. The molecule has 2 aliphatic rings. The zero-order chi connectivity index (χ0) is 20.4. The number of aromatic amines is 1. The lowest BCUT2D eigenvalue weighted by atomic mass is 9.93. The van der Waals surface area contributed by atoms with Crippen LogP contribution in [-0.2, 0) is 11.8 Å². The quantitative estimate of drug-likeness (QED) is 0.774. The van der Waals surface area contributed by atoms with E-state index in [4.69, 9.17) is 17.0 Å². The maximum absolute atomic E-state index is 13.0. The van der Waals surface area contributed by atoms with Gasteiger partial charge in [-0.2, -0.15) is 0 Å². The Morgan fingerprint density at radius 3 is 2.66 bits per heavy atom. The molecule has 1 N–H and O–H groups in total. The van der Waals surface area contributed by atoms with Gasteiger partial charge in [0.25, 0.3) is 11.5 Å². The molecule has 29 heavy (non-hydrogen) atoms. The second-order valence-corrected chi connectivity index (χ2v) is 8.42. The highest BCUT2D eigenvalue weighted by Gasteiger charge is 2.24. The number of fused-ring (bicyclic) bond motifs is 1. The van der Waals surface area contributed by atoms with E-state index in [2.05, 4.69) is 9.88 Å². The van der Waals surface area contributed by atoms with Crippen LogP contribution in [0.4, 0.5) is 0 Å². The summed E-state index contributed by atoms with van der Waals surface area (Å²) in [5.74, 6) is 0.705. The number of morpholine rings is 1. The summed E-state index contributed by atoms with van der Waals surface area (Å²) in [5, 5.41) is 0.541. The molecule has 1 aromatic heterocycles. The van der Waals surface area contributed by atoms with E-state index in [0.29, 0.717) is 27.2 Å². The van der Waals surface area contributed by atoms with Gasteiger partial charge in [0.2, 0.25) is 0 Å². The van der Waals surface area contributed by atoms with Gasteiger partial charge >= 0.3 is 0 Å². The molecule has 4 rings (SSSR count). The van der Waals surface area contributed by atoms with E-state index in [1.807, 2.05) is 4.90 Å². The van der Waals surface area contributed by atoms with Gasteiger partial charge in [0.05, 0.1) is 24.1 Å². The number of ether oxygens (including phenoxy) is 1. The van der Waals surface area contributed by atoms with E-state index in [1.54, 1.807) is 25.2 Å². The third-order valence-corrected chi connectivity index (χ3v) is 6.58. The van der Waals surface area contributed by atoms with Gasteiger partial charge in [0.15, 0.2) is 4.77 Å². The Morgan fingerprint density at radius 1 is 1.21 bits per heavy atom. The van der Waals surface area contributed by atoms with Gasteiger partial charge in [-0.1, -0.05) is 0 Å². The van der Waals surface area contributed by atoms with Crippen molar-refractivity contribution in [2.45, 2.75) is 19.3 Å². The molecule has 0 aliphatic carbocycles. The maximum atomic E-state index is 13.0. The molecule has 7 nitrogen and oxygen atoms in total. The second-order valence-electron chi connectivity index (χ2n) is 8.03. The van der Waals surface area contributed by atoms with Crippen molar-refractivity contribution >= 4 is 29.0 Å². The third kappa shape index (κ3) is 4.44. The van der Waals surface area contributed by atoms with Crippen LogP contribution in [0.25, 0.3) is 10.9 Å². The van der Waals surface area contributed by atoms with E-state index in [0.717, 1.165) is 58.8 Å². The minimum absolute atomic E-state index is 0.0264. The molecule has 1 aromatic carbocycles. The molecule has 2 aromatic rings. The fourth-order valence-corrected chi connectivity index (χ4v) is 4.43. The topological polar surface area (TPSA) is 70.6 Å². The summed E-state index contributed by atoms with van der Waals surface area (Å²) in [4.78, 5) is 32.7. The number of hydrogen-bond acceptors (Lipinski definition) is 5. The number of rotatable bonds is 4. The number of H-pyrrole nitrogens is 1. The lowest BCUT2D eigenvalue weighted by molar-refractivity contribution is 0.0332. The molecule has 0 saturated carbocycles. The Balaban J connectivity index is 1.37. The molecule has 8 heteroatoms. The van der Waals surface area contributed by atoms with Gasteiger partial charge in [-0.15, -0.1) is 0 Å². The average molecular weight is 417 g/mol. The van der Waals surface area contributed by atoms with Gasteiger partial charge in [-0.05, 0) is 62.1 Å². The minimum Gasteiger partial charge on any atom is -0.379 e. The number of benzene rings is 1. The monoisotopic (exact) mass is 416 g/mol. The predicted octanol–water partition coefficient (Wildman–Crippen LogP) is 2.17. The first-order valence-corrected chi connectivity index (χ1v) is 10.8. The number of carbonyl (C=O) groups excluding carboxylic acids is 1. The summed E-state index contributed by atoms with van der Waals surface area (Å²) in [6.07, 6.45) is 3.29. The van der Waals surface area contributed by atoms with E-state index >= 15 is 0 Å². The van der Waals surface area contributed by atoms with E-state index in [9.17, 15) is 9.59 Å². The number of piperidine rings is 1. The van der Waals surface area contributed by atoms with Crippen LogP contribution in [0, 0.1) is 10.7 Å². The first-order chi connectivity index (χ1) is 14.0. The van der Waals surface area contributed by atoms with Crippen LogP contribution in [0.1, 0.15) is 29.6 Å². The molecule has 1 amide bonds. The van der Waals surface area contributed by atoms with Crippen molar-refractivity contribution in [1.82, 2.24) is 19.4 Å². The summed E-state index contributed by atoms with van der Waals surface area (Å²) in [6, 6.07) is 5.21. The van der Waals surface area contributed by atoms with Gasteiger partial charge < -0.3 is 14.6 Å². The van der Waals surface area contributed by atoms with Gasteiger partial charge in [-0.25, -0.2) is 0 Å². The highest BCUT2D eigenvalue weighted by molar-refractivity contribution is 7.71. The normalized spacial score (nSPS) is 19.0. The number of hydrogen-bond donors (Lipinski definition) is 1. The van der Waals surface area contributed by atoms with E-state index in [1.165, 1.54) is 11.0 Å². The fraction of sp³-hybridized carbons (Fsp3) is 0.571. The second kappa shape index (κ2) is 8.77. The number of likely N-dealkylation sites (tertiary alicyclic amines) is 1. The Morgan fingerprint density at radius 2 is 1.93 bits per heavy atom. The predicted molar refractivity (Wildman–Crippen MR) is 115 cm³/mol. The zero-order valence-electron chi connectivity index (χ0n) is 16.9. The van der Waals surface area contributed by atoms with Gasteiger partial charge in [-0.3, -0.25) is 19.1 Å². The number of carbonyl (C=O) groups is 1. The fourth-order valence-electron chi connectivity index (χ4n) is 4.24. The molecular formula is C21H28N4O3S. The van der Waals surface area contributed by atoms with Crippen molar-refractivity contribution in [1.29, 1.82) is 0 Å². The van der Waals surface area contributed by atoms with Crippen LogP contribution in [0.5, 0.6) is 0 Å². The standard InChI is InChI=1S/C21H28N4O3S/c1-23-20(27)17-3-2-16(14-18(17)22-21(23)29)19(26)25-8-5-15(6-9-25)4-7-24-10-12-28-13-11-24/h2-3,14-15H,4-13H2,1H3,(H,22,29). The summed E-state index contributed by atoms with van der Waals surface area (Å²) >= 11 is 5.19. The van der Waals surface area contributed by atoms with Crippen molar-refractivity contribution in [3.05, 3.63) is 38.9 Å². The van der Waals surface area contributed by atoms with Crippen molar-refractivity contribution < 1.29 is 9.53 Å². The Hall–Kier alpha value is -2.03. The van der Waals surface area contributed by atoms with Crippen LogP contribution in [-0.4, -0.2) is 71.2 Å². The Labute approximate surface area is 175 Å². The molecule has 0 atom stereocenters. The molecule has 0 bridgehead atoms. The molecule has 3 heterocycles. The summed E-state index contributed by atoms with van der Waals surface area (Å²) in [6.45, 7) is 6.45. The highest BCUT2D eigenvalue weighted by atomic mass is 32.1. The molecule has 0 radical (unpaired) electrons. The summed E-state index contributed by atoms with van der Waals surface area (Å²) in [7, 11) is 1.64. The largest absolute Gasteiger partial charge is 0.379 e. The molecule has 2 aliphatic heterocycles. The first kappa shape index (κ1) is 20.3. The number of aromatic nitrogens is 2. The molecular weight excluding hydrogens is 388 g/mol. The smallest absolute Gasteiger partial charge is 0.261 e. The maximum Gasteiger partial charge on any atom is 0.261 e. The Kier molecular flexibility index (Phi) is 6.12. The van der Waals surface area contributed by atoms with Crippen molar-refractivity contribution in [2.24, 2.45) is 13.0 Å². The van der Waals surface area contributed by atoms with Crippen LogP contribution < -0.4 is 5.56 Å². The highest BCUT2D eigenvalue weighted by Crippen LogP contribution is 2.23. The molecule has 156 valence electrons. The van der Waals surface area contributed by atoms with Crippen LogP contribution in [0.2, 0.25) is 0 Å². The molecule has 0 unspecified atom stereocenters. The summed E-state index contributed by atoms with van der Waals surface area (Å²) < 4.78 is 7.17. The first-order valence-electron chi connectivity index (χ1n) is 10.4. The minimum atomic E-state index is -0.149. The Bertz CT molecular complexity index is 1000. The van der Waals surface area contributed by atoms with Crippen molar-refractivity contribution in [3.8, 4) is 0 Å². The van der Waals surface area contributed by atoms with Crippen LogP contribution in [0.3, 0.4) is 0 Å².